The van der Waals surface area contributed by atoms with E-state index in [-0.39, 0.29) is 18.1 Å². The van der Waals surface area contributed by atoms with Crippen LogP contribution < -0.4 is 9.47 Å². The van der Waals surface area contributed by atoms with Gasteiger partial charge in [0.25, 0.3) is 5.91 Å². The molecular weight excluding hydrogens is 318 g/mol. The van der Waals surface area contributed by atoms with E-state index in [0.29, 0.717) is 17.1 Å². The highest BCUT2D eigenvalue weighted by atomic mass is 32.2. The normalized spacial score (nSPS) is 19.7. The Labute approximate surface area is 137 Å². The maximum absolute atomic E-state index is 12.9. The summed E-state index contributed by atoms with van der Waals surface area (Å²) in [6.45, 7) is 3.10. The smallest absolute Gasteiger partial charge is 0.255 e. The highest BCUT2D eigenvalue weighted by Crippen LogP contribution is 2.42. The van der Waals surface area contributed by atoms with E-state index in [1.165, 1.54) is 9.75 Å². The van der Waals surface area contributed by atoms with Crippen LogP contribution in [0.5, 0.6) is 11.5 Å². The third-order valence-corrected chi connectivity index (χ3v) is 6.22. The molecule has 1 aromatic carbocycles. The van der Waals surface area contributed by atoms with Crippen molar-refractivity contribution in [3.8, 4) is 11.5 Å². The SMILES string of the molecule is Cc1ccc([C@H]2SCCN2C(=O)c2ccc3c(c2)OCO3)s1. The number of fused-ring (bicyclic) bond motifs is 1. The molecule has 1 fully saturated rings. The number of benzene rings is 1. The third-order valence-electron chi connectivity index (χ3n) is 3.78. The van der Waals surface area contributed by atoms with Gasteiger partial charge in [-0.05, 0) is 37.3 Å². The van der Waals surface area contributed by atoms with Gasteiger partial charge < -0.3 is 14.4 Å². The lowest BCUT2D eigenvalue weighted by molar-refractivity contribution is 0.0761. The number of hydrogen-bond donors (Lipinski definition) is 0. The Morgan fingerprint density at radius 1 is 1.23 bits per heavy atom. The topological polar surface area (TPSA) is 38.8 Å². The van der Waals surface area contributed by atoms with Gasteiger partial charge >= 0.3 is 0 Å². The molecule has 0 saturated carbocycles. The minimum Gasteiger partial charge on any atom is -0.454 e. The summed E-state index contributed by atoms with van der Waals surface area (Å²) in [4.78, 5) is 17.3. The molecule has 1 saturated heterocycles. The number of amides is 1. The summed E-state index contributed by atoms with van der Waals surface area (Å²) in [6, 6.07) is 9.65. The van der Waals surface area contributed by atoms with Crippen molar-refractivity contribution in [1.29, 1.82) is 0 Å². The summed E-state index contributed by atoms with van der Waals surface area (Å²) in [7, 11) is 0. The molecule has 0 unspecified atom stereocenters. The molecule has 2 aliphatic rings. The summed E-state index contributed by atoms with van der Waals surface area (Å²) >= 11 is 3.59. The first kappa shape index (κ1) is 14.0. The van der Waals surface area contributed by atoms with Gasteiger partial charge in [-0.2, -0.15) is 0 Å². The van der Waals surface area contributed by atoms with Gasteiger partial charge in [-0.25, -0.2) is 0 Å². The molecule has 4 rings (SSSR count). The number of rotatable bonds is 2. The van der Waals surface area contributed by atoms with Crippen LogP contribution in [0.4, 0.5) is 0 Å². The number of nitrogens with zero attached hydrogens (tertiary/aromatic N) is 1. The van der Waals surface area contributed by atoms with Crippen LogP contribution in [0.1, 0.15) is 25.5 Å². The van der Waals surface area contributed by atoms with Gasteiger partial charge in [-0.15, -0.1) is 23.1 Å². The average Bonchev–Trinajstić information content (AvgIpc) is 3.25. The van der Waals surface area contributed by atoms with Crippen LogP contribution in [-0.2, 0) is 0 Å². The lowest BCUT2D eigenvalue weighted by Gasteiger charge is -2.23. The van der Waals surface area contributed by atoms with Crippen molar-refractivity contribution >= 4 is 29.0 Å². The van der Waals surface area contributed by atoms with Gasteiger partial charge in [-0.1, -0.05) is 0 Å². The van der Waals surface area contributed by atoms with E-state index in [4.69, 9.17) is 9.47 Å². The fourth-order valence-corrected chi connectivity index (χ4v) is 5.06. The molecule has 1 amide bonds. The predicted molar refractivity (Wildman–Crippen MR) is 87.9 cm³/mol. The van der Waals surface area contributed by atoms with E-state index < -0.39 is 0 Å². The maximum Gasteiger partial charge on any atom is 0.255 e. The van der Waals surface area contributed by atoms with Gasteiger partial charge in [0.1, 0.15) is 5.37 Å². The summed E-state index contributed by atoms with van der Waals surface area (Å²) in [5, 5.41) is 0.122. The van der Waals surface area contributed by atoms with E-state index in [1.54, 1.807) is 17.4 Å². The van der Waals surface area contributed by atoms with Crippen molar-refractivity contribution in [2.45, 2.75) is 12.3 Å². The molecule has 2 aliphatic heterocycles. The number of carbonyl (C=O) groups is 1. The Kier molecular flexibility index (Phi) is 3.50. The number of hydrogen-bond acceptors (Lipinski definition) is 5. The predicted octanol–water partition coefficient (Wildman–Crippen LogP) is 3.67. The highest BCUT2D eigenvalue weighted by Gasteiger charge is 2.32. The first-order valence-corrected chi connectivity index (χ1v) is 8.97. The van der Waals surface area contributed by atoms with Crippen LogP contribution in [0.2, 0.25) is 0 Å². The molecule has 22 heavy (non-hydrogen) atoms. The first-order valence-electron chi connectivity index (χ1n) is 7.11. The zero-order valence-corrected chi connectivity index (χ0v) is 13.7. The molecule has 1 atom stereocenters. The molecule has 0 radical (unpaired) electrons. The Balaban J connectivity index is 1.61. The lowest BCUT2D eigenvalue weighted by Crippen LogP contribution is -2.30. The van der Waals surface area contributed by atoms with Crippen molar-refractivity contribution < 1.29 is 14.3 Å². The first-order chi connectivity index (χ1) is 10.7. The molecule has 0 bridgehead atoms. The molecule has 1 aromatic heterocycles. The highest BCUT2D eigenvalue weighted by molar-refractivity contribution is 7.99. The second-order valence-corrected chi connectivity index (χ2v) is 7.75. The minimum atomic E-state index is 0.0550. The van der Waals surface area contributed by atoms with Crippen molar-refractivity contribution in [2.24, 2.45) is 0 Å². The van der Waals surface area contributed by atoms with Crippen LogP contribution in [0.3, 0.4) is 0 Å². The fraction of sp³-hybridized carbons (Fsp3) is 0.312. The van der Waals surface area contributed by atoms with Crippen LogP contribution >= 0.6 is 23.1 Å². The second-order valence-electron chi connectivity index (χ2n) is 5.24. The van der Waals surface area contributed by atoms with Crippen molar-refractivity contribution in [2.75, 3.05) is 19.1 Å². The minimum absolute atomic E-state index is 0.0550. The fourth-order valence-electron chi connectivity index (χ4n) is 2.70. The summed E-state index contributed by atoms with van der Waals surface area (Å²) in [5.74, 6) is 2.39. The third kappa shape index (κ3) is 2.36. The lowest BCUT2D eigenvalue weighted by atomic mass is 10.1. The molecule has 6 heteroatoms. The van der Waals surface area contributed by atoms with Gasteiger partial charge in [0, 0.05) is 27.6 Å². The molecular formula is C16H15NO3S2. The Hall–Kier alpha value is -1.66. The van der Waals surface area contributed by atoms with Gasteiger partial charge in [0.2, 0.25) is 6.79 Å². The van der Waals surface area contributed by atoms with E-state index >= 15 is 0 Å². The zero-order chi connectivity index (χ0) is 15.1. The zero-order valence-electron chi connectivity index (χ0n) is 12.1. The maximum atomic E-state index is 12.9. The summed E-state index contributed by atoms with van der Waals surface area (Å²) in [6.07, 6.45) is 0. The van der Waals surface area contributed by atoms with Crippen LogP contribution in [0, 0.1) is 6.92 Å². The quantitative estimate of drug-likeness (QED) is 0.840. The summed E-state index contributed by atoms with van der Waals surface area (Å²) in [5.41, 5.74) is 0.657. The number of thioether (sulfide) groups is 1. The number of aryl methyl sites for hydroxylation is 1. The van der Waals surface area contributed by atoms with E-state index in [1.807, 2.05) is 28.8 Å². The number of carbonyl (C=O) groups excluding carboxylic acids is 1. The van der Waals surface area contributed by atoms with Crippen molar-refractivity contribution in [3.63, 3.8) is 0 Å². The van der Waals surface area contributed by atoms with Gasteiger partial charge in [-0.3, -0.25) is 4.79 Å². The van der Waals surface area contributed by atoms with E-state index in [9.17, 15) is 4.79 Å². The van der Waals surface area contributed by atoms with Gasteiger partial charge in [0.05, 0.1) is 0 Å². The van der Waals surface area contributed by atoms with Crippen LogP contribution in [0.25, 0.3) is 0 Å². The van der Waals surface area contributed by atoms with Crippen LogP contribution in [0.15, 0.2) is 30.3 Å². The molecule has 0 spiro atoms. The average molecular weight is 333 g/mol. The molecule has 4 nitrogen and oxygen atoms in total. The Morgan fingerprint density at radius 3 is 2.91 bits per heavy atom. The van der Waals surface area contributed by atoms with Crippen molar-refractivity contribution in [1.82, 2.24) is 4.90 Å². The molecule has 0 N–H and O–H groups in total. The number of ether oxygens (including phenoxy) is 2. The monoisotopic (exact) mass is 333 g/mol. The molecule has 3 heterocycles. The van der Waals surface area contributed by atoms with E-state index in [2.05, 4.69) is 19.1 Å². The standard InChI is InChI=1S/C16H15NO3S2/c1-10-2-5-14(22-10)16-17(6-7-21-16)15(18)11-3-4-12-13(8-11)20-9-19-12/h2-5,8,16H,6-7,9H2,1H3/t16-/m1/s1. The Bertz CT molecular complexity index is 728. The molecule has 0 aliphatic carbocycles. The molecule has 114 valence electrons. The van der Waals surface area contributed by atoms with E-state index in [0.717, 1.165) is 12.3 Å². The molecule has 2 aromatic rings. The van der Waals surface area contributed by atoms with Gasteiger partial charge in [0.15, 0.2) is 11.5 Å². The van der Waals surface area contributed by atoms with Crippen molar-refractivity contribution in [3.05, 3.63) is 45.6 Å². The summed E-state index contributed by atoms with van der Waals surface area (Å²) < 4.78 is 10.7. The van der Waals surface area contributed by atoms with Crippen LogP contribution in [-0.4, -0.2) is 29.9 Å². The second kappa shape index (κ2) is 5.52. The number of thiophene rings is 1. The Morgan fingerprint density at radius 2 is 2.09 bits per heavy atom. The largest absolute Gasteiger partial charge is 0.454 e.